The fourth-order valence-electron chi connectivity index (χ4n) is 2.73. The first kappa shape index (κ1) is 15.8. The number of esters is 1. The predicted molar refractivity (Wildman–Crippen MR) is 87.6 cm³/mol. The number of hydrogen-bond donors (Lipinski definition) is 0. The zero-order valence-corrected chi connectivity index (χ0v) is 13.2. The molecule has 3 rings (SSSR count). The molecule has 0 aromatic heterocycles. The lowest BCUT2D eigenvalue weighted by Gasteiger charge is -2.24. The van der Waals surface area contributed by atoms with E-state index < -0.39 is 11.8 Å². The van der Waals surface area contributed by atoms with Gasteiger partial charge in [0.1, 0.15) is 17.7 Å². The van der Waals surface area contributed by atoms with Crippen LogP contribution >= 0.6 is 0 Å². The smallest absolute Gasteiger partial charge is 0.337 e. The molecule has 4 nitrogen and oxygen atoms in total. The van der Waals surface area contributed by atoms with Crippen molar-refractivity contribution in [1.29, 1.82) is 0 Å². The van der Waals surface area contributed by atoms with E-state index in [-0.39, 0.29) is 11.8 Å². The number of hydrogen-bond acceptors (Lipinski definition) is 3. The summed E-state index contributed by atoms with van der Waals surface area (Å²) in [5, 5.41) is 0. The van der Waals surface area contributed by atoms with Crippen LogP contribution in [0.3, 0.4) is 0 Å². The Morgan fingerprint density at radius 2 is 2.08 bits per heavy atom. The summed E-state index contributed by atoms with van der Waals surface area (Å²) in [5.41, 5.74) is 2.09. The molecular weight excluding hydrogens is 309 g/mol. The highest BCUT2D eigenvalue weighted by Gasteiger charge is 2.23. The molecule has 1 heterocycles. The van der Waals surface area contributed by atoms with Gasteiger partial charge >= 0.3 is 5.97 Å². The van der Waals surface area contributed by atoms with E-state index >= 15 is 0 Å². The quantitative estimate of drug-likeness (QED) is 0.608. The van der Waals surface area contributed by atoms with Crippen LogP contribution in [0.2, 0.25) is 0 Å². The number of carbonyl (C=O) groups excluding carboxylic acids is 1. The minimum atomic E-state index is -0.576. The molecule has 0 aliphatic carbocycles. The van der Waals surface area contributed by atoms with Crippen molar-refractivity contribution in [3.05, 3.63) is 76.4 Å². The summed E-state index contributed by atoms with van der Waals surface area (Å²) < 4.78 is 24.5. The molecule has 1 atom stereocenters. The summed E-state index contributed by atoms with van der Waals surface area (Å²) in [5.74, 6) is -0.471. The molecule has 1 unspecified atom stereocenters. The van der Waals surface area contributed by atoms with E-state index in [9.17, 15) is 9.18 Å². The second kappa shape index (κ2) is 6.17. The van der Waals surface area contributed by atoms with Gasteiger partial charge in [-0.2, -0.15) is 0 Å². The van der Waals surface area contributed by atoms with Crippen molar-refractivity contribution in [3.8, 4) is 5.75 Å². The average molecular weight is 323 g/mol. The Balaban J connectivity index is 2.22. The number of fused-ring (bicyclic) bond motifs is 1. The molecule has 24 heavy (non-hydrogen) atoms. The first-order chi connectivity index (χ1) is 11.5. The zero-order chi connectivity index (χ0) is 17.3. The van der Waals surface area contributed by atoms with Gasteiger partial charge in [-0.25, -0.2) is 14.0 Å². The molecule has 0 saturated carbocycles. The monoisotopic (exact) mass is 323 g/mol. The zero-order valence-electron chi connectivity index (χ0n) is 13.2. The molecule has 0 N–H and O–H groups in total. The molecule has 1 aliphatic rings. The van der Waals surface area contributed by atoms with E-state index in [1.54, 1.807) is 30.3 Å². The molecule has 0 radical (unpaired) electrons. The Morgan fingerprint density at radius 1 is 1.29 bits per heavy atom. The molecule has 1 aliphatic heterocycles. The van der Waals surface area contributed by atoms with E-state index in [2.05, 4.69) is 4.85 Å². The van der Waals surface area contributed by atoms with Crippen molar-refractivity contribution < 1.29 is 18.7 Å². The molecule has 2 aromatic carbocycles. The molecule has 0 saturated heterocycles. The van der Waals surface area contributed by atoms with Crippen molar-refractivity contribution in [1.82, 2.24) is 0 Å². The molecular formula is C19H14FNO3. The van der Waals surface area contributed by atoms with Crippen LogP contribution in [0.1, 0.15) is 28.4 Å². The summed E-state index contributed by atoms with van der Waals surface area (Å²) in [4.78, 5) is 15.1. The fourth-order valence-corrected chi connectivity index (χ4v) is 2.73. The van der Waals surface area contributed by atoms with Crippen LogP contribution in [0.15, 0.2) is 42.5 Å². The van der Waals surface area contributed by atoms with Gasteiger partial charge in [0, 0.05) is 5.56 Å². The first-order valence-corrected chi connectivity index (χ1v) is 7.32. The lowest BCUT2D eigenvalue weighted by Crippen LogP contribution is -2.16. The van der Waals surface area contributed by atoms with Gasteiger partial charge in [-0.1, -0.05) is 12.1 Å². The summed E-state index contributed by atoms with van der Waals surface area (Å²) in [7, 11) is 1.31. The minimum Gasteiger partial charge on any atom is -0.486 e. The Kier molecular flexibility index (Phi) is 4.05. The lowest BCUT2D eigenvalue weighted by molar-refractivity contribution is 0.0600. The van der Waals surface area contributed by atoms with Crippen LogP contribution in [-0.2, 0) is 4.74 Å². The van der Waals surface area contributed by atoms with E-state index in [4.69, 9.17) is 16.0 Å². The SMILES string of the molecule is [C-]#[N+]c1c(F)cccc1C1=CC(C)Oc2ccc(C(=O)OC)cc21. The van der Waals surface area contributed by atoms with Crippen LogP contribution in [0.5, 0.6) is 5.75 Å². The van der Waals surface area contributed by atoms with Gasteiger partial charge in [0.25, 0.3) is 0 Å². The number of methoxy groups -OCH3 is 1. The van der Waals surface area contributed by atoms with E-state index in [0.29, 0.717) is 28.0 Å². The molecule has 2 aromatic rings. The number of halogens is 1. The molecule has 0 amide bonds. The third-order valence-corrected chi connectivity index (χ3v) is 3.79. The number of para-hydroxylation sites is 1. The number of ether oxygens (including phenoxy) is 2. The van der Waals surface area contributed by atoms with E-state index in [1.807, 2.05) is 13.0 Å². The second-order valence-corrected chi connectivity index (χ2v) is 5.35. The Hall–Kier alpha value is -3.13. The van der Waals surface area contributed by atoms with Crippen LogP contribution in [0.4, 0.5) is 10.1 Å². The third kappa shape index (κ3) is 2.63. The maximum Gasteiger partial charge on any atom is 0.337 e. The van der Waals surface area contributed by atoms with Gasteiger partial charge in [0.05, 0.1) is 19.2 Å². The maximum atomic E-state index is 14.0. The van der Waals surface area contributed by atoms with Gasteiger partial charge in [0.15, 0.2) is 0 Å². The molecule has 0 spiro atoms. The van der Waals surface area contributed by atoms with E-state index in [1.165, 1.54) is 13.2 Å². The normalized spacial score (nSPS) is 15.6. The van der Waals surface area contributed by atoms with Crippen LogP contribution in [0, 0.1) is 12.4 Å². The first-order valence-electron chi connectivity index (χ1n) is 7.32. The fraction of sp³-hybridized carbons (Fsp3) is 0.158. The highest BCUT2D eigenvalue weighted by molar-refractivity contribution is 5.95. The van der Waals surface area contributed by atoms with Crippen molar-refractivity contribution in [2.75, 3.05) is 7.11 Å². The third-order valence-electron chi connectivity index (χ3n) is 3.79. The summed E-state index contributed by atoms with van der Waals surface area (Å²) in [6, 6.07) is 9.44. The van der Waals surface area contributed by atoms with Gasteiger partial charge < -0.3 is 9.47 Å². The summed E-state index contributed by atoms with van der Waals surface area (Å²) in [6.45, 7) is 9.13. The number of nitrogens with zero attached hydrogens (tertiary/aromatic N) is 1. The van der Waals surface area contributed by atoms with Crippen molar-refractivity contribution in [2.45, 2.75) is 13.0 Å². The average Bonchev–Trinajstić information content (AvgIpc) is 2.59. The Morgan fingerprint density at radius 3 is 2.79 bits per heavy atom. The highest BCUT2D eigenvalue weighted by atomic mass is 19.1. The number of carbonyl (C=O) groups is 1. The Labute approximate surface area is 139 Å². The second-order valence-electron chi connectivity index (χ2n) is 5.35. The number of rotatable bonds is 2. The lowest BCUT2D eigenvalue weighted by atomic mass is 9.91. The topological polar surface area (TPSA) is 39.9 Å². The summed E-state index contributed by atoms with van der Waals surface area (Å²) in [6.07, 6.45) is 1.57. The standard InChI is InChI=1S/C19H14FNO3/c1-11-9-14(13-5-4-6-16(20)18(13)21-2)15-10-12(19(22)23-3)7-8-17(15)24-11/h4-11H,1,3H3. The molecule has 0 fully saturated rings. The van der Waals surface area contributed by atoms with Gasteiger partial charge in [-0.15, -0.1) is 0 Å². The largest absolute Gasteiger partial charge is 0.486 e. The highest BCUT2D eigenvalue weighted by Crippen LogP contribution is 2.40. The Bertz CT molecular complexity index is 896. The van der Waals surface area contributed by atoms with Crippen molar-refractivity contribution in [2.24, 2.45) is 0 Å². The number of benzene rings is 2. The van der Waals surface area contributed by atoms with Gasteiger partial charge in [-0.05, 0) is 48.4 Å². The van der Waals surface area contributed by atoms with Crippen LogP contribution in [0.25, 0.3) is 10.4 Å². The maximum absolute atomic E-state index is 14.0. The van der Waals surface area contributed by atoms with Gasteiger partial charge in [0.2, 0.25) is 5.69 Å². The van der Waals surface area contributed by atoms with Crippen molar-refractivity contribution in [3.63, 3.8) is 0 Å². The van der Waals surface area contributed by atoms with Gasteiger partial charge in [-0.3, -0.25) is 0 Å². The summed E-state index contributed by atoms with van der Waals surface area (Å²) >= 11 is 0. The minimum absolute atomic E-state index is 0.0488. The molecule has 0 bridgehead atoms. The molecule has 5 heteroatoms. The van der Waals surface area contributed by atoms with Crippen LogP contribution < -0.4 is 4.74 Å². The molecule has 120 valence electrons. The van der Waals surface area contributed by atoms with Crippen LogP contribution in [-0.4, -0.2) is 19.2 Å². The van der Waals surface area contributed by atoms with E-state index in [0.717, 1.165) is 0 Å². The van der Waals surface area contributed by atoms with Crippen molar-refractivity contribution >= 4 is 17.2 Å². The predicted octanol–water partition coefficient (Wildman–Crippen LogP) is 4.38.